The van der Waals surface area contributed by atoms with Gasteiger partial charge in [-0.15, -0.1) is 11.3 Å². The summed E-state index contributed by atoms with van der Waals surface area (Å²) >= 11 is 1.38. The zero-order valence-corrected chi connectivity index (χ0v) is 17.0. The first-order valence-corrected chi connectivity index (χ1v) is 12.0. The second kappa shape index (κ2) is 7.81. The molecule has 1 aromatic carbocycles. The summed E-state index contributed by atoms with van der Waals surface area (Å²) in [6, 6.07) is 9.33. The summed E-state index contributed by atoms with van der Waals surface area (Å²) in [5.74, 6) is 0.296. The van der Waals surface area contributed by atoms with E-state index in [2.05, 4.69) is 9.80 Å². The van der Waals surface area contributed by atoms with Crippen LogP contribution in [0.25, 0.3) is 0 Å². The monoisotopic (exact) mass is 406 g/mol. The van der Waals surface area contributed by atoms with E-state index < -0.39 is 9.84 Å². The number of aryl methyl sites for hydroxylation is 1. The van der Waals surface area contributed by atoms with Gasteiger partial charge >= 0.3 is 0 Å². The third kappa shape index (κ3) is 4.00. The van der Waals surface area contributed by atoms with Crippen LogP contribution in [0.15, 0.2) is 39.9 Å². The normalized spacial score (nSPS) is 22.5. The first kappa shape index (κ1) is 18.8. The van der Waals surface area contributed by atoms with Crippen molar-refractivity contribution in [2.45, 2.75) is 35.1 Å². The van der Waals surface area contributed by atoms with Crippen molar-refractivity contribution in [2.75, 3.05) is 37.6 Å². The minimum atomic E-state index is -3.12. The number of sulfone groups is 1. The summed E-state index contributed by atoms with van der Waals surface area (Å²) in [4.78, 5) is 4.77. The van der Waals surface area contributed by atoms with E-state index in [0.717, 1.165) is 69.7 Å². The molecule has 0 spiro atoms. The number of phenols is 1. The molecule has 0 bridgehead atoms. The Hall–Kier alpha value is -1.57. The summed E-state index contributed by atoms with van der Waals surface area (Å²) in [6.45, 7) is 4.88. The molecule has 1 unspecified atom stereocenters. The van der Waals surface area contributed by atoms with Crippen LogP contribution in [0.1, 0.15) is 24.8 Å². The van der Waals surface area contributed by atoms with Crippen molar-refractivity contribution >= 4 is 26.9 Å². The number of piperazine rings is 1. The van der Waals surface area contributed by atoms with Gasteiger partial charge in [0.2, 0.25) is 0 Å². The number of anilines is 1. The molecule has 3 heterocycles. The number of benzene rings is 1. The minimum Gasteiger partial charge on any atom is -0.508 e. The van der Waals surface area contributed by atoms with E-state index in [9.17, 15) is 13.5 Å². The third-order valence-electron chi connectivity index (χ3n) is 5.73. The molecule has 27 heavy (non-hydrogen) atoms. The predicted molar refractivity (Wildman–Crippen MR) is 110 cm³/mol. The average Bonchev–Trinajstić information content (AvgIpc) is 3.15. The first-order valence-electron chi connectivity index (χ1n) is 9.60. The zero-order chi connectivity index (χ0) is 18.9. The number of rotatable bonds is 5. The second-order valence-electron chi connectivity index (χ2n) is 7.43. The molecule has 1 saturated heterocycles. The van der Waals surface area contributed by atoms with Gasteiger partial charge in [-0.05, 0) is 73.5 Å². The van der Waals surface area contributed by atoms with Gasteiger partial charge < -0.3 is 10.0 Å². The summed E-state index contributed by atoms with van der Waals surface area (Å²) in [6.07, 6.45) is 3.36. The molecule has 7 heteroatoms. The fourth-order valence-electron chi connectivity index (χ4n) is 4.12. The molecular formula is C20H26N2O3S2. The van der Waals surface area contributed by atoms with Gasteiger partial charge in [-0.2, -0.15) is 0 Å². The highest BCUT2D eigenvalue weighted by Crippen LogP contribution is 2.35. The molecule has 0 amide bonds. The van der Waals surface area contributed by atoms with Crippen molar-refractivity contribution in [2.24, 2.45) is 0 Å². The Balaban J connectivity index is 1.25. The summed E-state index contributed by atoms with van der Waals surface area (Å²) in [5, 5.41) is 11.1. The molecule has 1 aromatic heterocycles. The number of thiophene rings is 1. The maximum Gasteiger partial charge on any atom is 0.190 e. The number of hydrogen-bond acceptors (Lipinski definition) is 6. The van der Waals surface area contributed by atoms with E-state index in [-0.39, 0.29) is 5.25 Å². The molecule has 1 N–H and O–H groups in total. The number of hydrogen-bond donors (Lipinski definition) is 1. The molecule has 2 aliphatic heterocycles. The molecule has 0 aliphatic carbocycles. The molecule has 5 nitrogen and oxygen atoms in total. The predicted octanol–water partition coefficient (Wildman–Crippen LogP) is 3.14. The fraction of sp³-hybridized carbons (Fsp3) is 0.500. The molecular weight excluding hydrogens is 380 g/mol. The van der Waals surface area contributed by atoms with Gasteiger partial charge in [0.25, 0.3) is 0 Å². The number of fused-ring (bicyclic) bond motifs is 1. The van der Waals surface area contributed by atoms with Crippen LogP contribution in [0, 0.1) is 0 Å². The van der Waals surface area contributed by atoms with E-state index in [1.54, 1.807) is 12.1 Å². The second-order valence-corrected chi connectivity index (χ2v) is 10.8. The van der Waals surface area contributed by atoms with Gasteiger partial charge in [-0.25, -0.2) is 8.42 Å². The SMILES string of the molecule is O=S1(=O)c2sccc2CCC1CCCN1CCN(c2ccc(O)cc2)CC1. The van der Waals surface area contributed by atoms with Gasteiger partial charge in [0.05, 0.1) is 5.25 Å². The van der Waals surface area contributed by atoms with Gasteiger partial charge in [0.1, 0.15) is 9.96 Å². The largest absolute Gasteiger partial charge is 0.508 e. The van der Waals surface area contributed by atoms with Gasteiger partial charge in [0, 0.05) is 31.9 Å². The molecule has 1 fully saturated rings. The van der Waals surface area contributed by atoms with Crippen molar-refractivity contribution in [3.8, 4) is 5.75 Å². The Labute approximate surface area is 165 Å². The quantitative estimate of drug-likeness (QED) is 0.827. The van der Waals surface area contributed by atoms with Crippen LogP contribution < -0.4 is 4.90 Å². The van der Waals surface area contributed by atoms with E-state index in [4.69, 9.17) is 0 Å². The van der Waals surface area contributed by atoms with Crippen molar-refractivity contribution in [3.05, 3.63) is 41.3 Å². The van der Waals surface area contributed by atoms with Crippen molar-refractivity contribution in [1.29, 1.82) is 0 Å². The minimum absolute atomic E-state index is 0.207. The first-order chi connectivity index (χ1) is 13.0. The van der Waals surface area contributed by atoms with Crippen LogP contribution in [-0.2, 0) is 16.3 Å². The van der Waals surface area contributed by atoms with Crippen LogP contribution in [0.5, 0.6) is 5.75 Å². The highest BCUT2D eigenvalue weighted by atomic mass is 32.2. The molecule has 2 aromatic rings. The number of aromatic hydroxyl groups is 1. The third-order valence-corrected chi connectivity index (χ3v) is 9.59. The molecule has 1 atom stereocenters. The number of phenolic OH excluding ortho intramolecular Hbond substituents is 1. The standard InChI is InChI=1S/C20H26N2O3S2/c23-18-6-4-17(5-7-18)22-13-11-21(12-14-22)10-1-2-19-8-3-16-9-15-26-20(16)27(19,24)25/h4-7,9,15,19,23H,1-3,8,10-14H2. The lowest BCUT2D eigenvalue weighted by molar-refractivity contribution is 0.252. The zero-order valence-electron chi connectivity index (χ0n) is 15.4. The lowest BCUT2D eigenvalue weighted by atomic mass is 10.1. The van der Waals surface area contributed by atoms with Crippen molar-refractivity contribution in [3.63, 3.8) is 0 Å². The summed E-state index contributed by atoms with van der Waals surface area (Å²) < 4.78 is 26.1. The van der Waals surface area contributed by atoms with Gasteiger partial charge in [-0.3, -0.25) is 4.90 Å². The Morgan fingerprint density at radius 3 is 2.56 bits per heavy atom. The van der Waals surface area contributed by atoms with Crippen molar-refractivity contribution < 1.29 is 13.5 Å². The van der Waals surface area contributed by atoms with E-state index in [1.807, 2.05) is 23.6 Å². The molecule has 2 aliphatic rings. The van der Waals surface area contributed by atoms with Crippen LogP contribution in [0.2, 0.25) is 0 Å². The molecule has 4 rings (SSSR count). The average molecular weight is 407 g/mol. The molecule has 146 valence electrons. The fourth-order valence-corrected chi connectivity index (χ4v) is 7.65. The van der Waals surface area contributed by atoms with Crippen molar-refractivity contribution in [1.82, 2.24) is 4.90 Å². The van der Waals surface area contributed by atoms with E-state index >= 15 is 0 Å². The Kier molecular flexibility index (Phi) is 5.43. The van der Waals surface area contributed by atoms with Gasteiger partial charge in [-0.1, -0.05) is 0 Å². The molecule has 0 saturated carbocycles. The lowest BCUT2D eigenvalue weighted by Gasteiger charge is -2.36. The highest BCUT2D eigenvalue weighted by molar-refractivity contribution is 7.94. The summed E-state index contributed by atoms with van der Waals surface area (Å²) in [5.41, 5.74) is 2.16. The highest BCUT2D eigenvalue weighted by Gasteiger charge is 2.34. The lowest BCUT2D eigenvalue weighted by Crippen LogP contribution is -2.46. The maximum absolute atomic E-state index is 12.7. The van der Waals surface area contributed by atoms with Crippen LogP contribution in [0.4, 0.5) is 5.69 Å². The van der Waals surface area contributed by atoms with Crippen LogP contribution in [0.3, 0.4) is 0 Å². The van der Waals surface area contributed by atoms with E-state index in [1.165, 1.54) is 11.3 Å². The topological polar surface area (TPSA) is 60.9 Å². The smallest absolute Gasteiger partial charge is 0.190 e. The Morgan fingerprint density at radius 2 is 1.81 bits per heavy atom. The summed E-state index contributed by atoms with van der Waals surface area (Å²) in [7, 11) is -3.12. The Morgan fingerprint density at radius 1 is 1.07 bits per heavy atom. The van der Waals surface area contributed by atoms with E-state index in [0.29, 0.717) is 9.96 Å². The Bertz CT molecular complexity index is 869. The maximum atomic E-state index is 12.7. The number of nitrogens with zero attached hydrogens (tertiary/aromatic N) is 2. The van der Waals surface area contributed by atoms with Crippen LogP contribution in [-0.4, -0.2) is 56.4 Å². The molecule has 0 radical (unpaired) electrons. The van der Waals surface area contributed by atoms with Gasteiger partial charge in [0.15, 0.2) is 9.84 Å². The van der Waals surface area contributed by atoms with Crippen LogP contribution >= 0.6 is 11.3 Å².